The number of halogens is 1. The van der Waals surface area contributed by atoms with E-state index in [4.69, 9.17) is 4.74 Å². The first-order chi connectivity index (χ1) is 8.74. The van der Waals surface area contributed by atoms with Gasteiger partial charge in [0.25, 0.3) is 0 Å². The summed E-state index contributed by atoms with van der Waals surface area (Å²) in [5.41, 5.74) is 1.41. The Balaban J connectivity index is 1.96. The fourth-order valence-corrected chi connectivity index (χ4v) is 1.82. The first-order valence-corrected chi connectivity index (χ1v) is 6.26. The molecule has 2 rings (SSSR count). The average molecular weight is 250 g/mol. The second-order valence-electron chi connectivity index (χ2n) is 4.22. The van der Waals surface area contributed by atoms with Gasteiger partial charge in [0.15, 0.2) is 0 Å². The van der Waals surface area contributed by atoms with Gasteiger partial charge in [0.2, 0.25) is 0 Å². The second kappa shape index (κ2) is 5.87. The molecule has 98 valence electrons. The number of nitrogens with zero attached hydrogens (tertiary/aromatic N) is 1. The van der Waals surface area contributed by atoms with E-state index in [9.17, 15) is 4.39 Å². The third kappa shape index (κ3) is 3.23. The van der Waals surface area contributed by atoms with Gasteiger partial charge in [-0.15, -0.1) is 0 Å². The SMILES string of the molecule is CCN(CCOC1C=C1)c1ccc(NC)cc1F. The van der Waals surface area contributed by atoms with Gasteiger partial charge in [0.05, 0.1) is 18.4 Å². The fourth-order valence-electron chi connectivity index (χ4n) is 1.82. The third-order valence-electron chi connectivity index (χ3n) is 2.98. The number of ether oxygens (including phenoxy) is 1. The van der Waals surface area contributed by atoms with E-state index in [0.717, 1.165) is 12.2 Å². The summed E-state index contributed by atoms with van der Waals surface area (Å²) in [6.07, 6.45) is 4.21. The lowest BCUT2D eigenvalue weighted by Gasteiger charge is -2.23. The van der Waals surface area contributed by atoms with Gasteiger partial charge in [0.1, 0.15) is 5.82 Å². The van der Waals surface area contributed by atoms with Crippen LogP contribution >= 0.6 is 0 Å². The van der Waals surface area contributed by atoms with Crippen molar-refractivity contribution >= 4 is 11.4 Å². The van der Waals surface area contributed by atoms with Crippen molar-refractivity contribution in [2.45, 2.75) is 13.0 Å². The van der Waals surface area contributed by atoms with Crippen LogP contribution in [0, 0.1) is 5.82 Å². The van der Waals surface area contributed by atoms with Crippen LogP contribution in [0.25, 0.3) is 0 Å². The van der Waals surface area contributed by atoms with Crippen LogP contribution in [0.4, 0.5) is 15.8 Å². The van der Waals surface area contributed by atoms with Gasteiger partial charge in [-0.3, -0.25) is 0 Å². The minimum Gasteiger partial charge on any atom is -0.388 e. The van der Waals surface area contributed by atoms with Crippen LogP contribution in [-0.4, -0.2) is 32.8 Å². The van der Waals surface area contributed by atoms with Crippen molar-refractivity contribution in [1.29, 1.82) is 0 Å². The van der Waals surface area contributed by atoms with E-state index in [1.165, 1.54) is 6.07 Å². The Kier molecular flexibility index (Phi) is 4.20. The molecule has 0 fully saturated rings. The lowest BCUT2D eigenvalue weighted by Crippen LogP contribution is -2.28. The number of nitrogens with one attached hydrogen (secondary N) is 1. The number of anilines is 2. The molecule has 0 unspecified atom stereocenters. The zero-order chi connectivity index (χ0) is 13.0. The Labute approximate surface area is 107 Å². The van der Waals surface area contributed by atoms with Crippen LogP contribution in [0.3, 0.4) is 0 Å². The molecule has 0 spiro atoms. The highest BCUT2D eigenvalue weighted by molar-refractivity contribution is 5.56. The molecule has 0 atom stereocenters. The topological polar surface area (TPSA) is 24.5 Å². The number of likely N-dealkylation sites (N-methyl/N-ethyl adjacent to an activating group) is 1. The van der Waals surface area contributed by atoms with E-state index in [1.54, 1.807) is 13.1 Å². The monoisotopic (exact) mass is 250 g/mol. The summed E-state index contributed by atoms with van der Waals surface area (Å²) in [5.74, 6) is -0.201. The van der Waals surface area contributed by atoms with E-state index in [2.05, 4.69) is 5.32 Å². The highest BCUT2D eigenvalue weighted by Gasteiger charge is 2.13. The van der Waals surface area contributed by atoms with Crippen molar-refractivity contribution in [2.24, 2.45) is 0 Å². The molecule has 1 N–H and O–H groups in total. The van der Waals surface area contributed by atoms with Crippen molar-refractivity contribution < 1.29 is 9.13 Å². The Hall–Kier alpha value is -1.55. The third-order valence-corrected chi connectivity index (χ3v) is 2.98. The van der Waals surface area contributed by atoms with E-state index in [0.29, 0.717) is 18.8 Å². The van der Waals surface area contributed by atoms with Crippen LogP contribution in [-0.2, 0) is 4.74 Å². The largest absolute Gasteiger partial charge is 0.388 e. The van der Waals surface area contributed by atoms with Crippen LogP contribution in [0.1, 0.15) is 6.92 Å². The fraction of sp³-hybridized carbons (Fsp3) is 0.429. The highest BCUT2D eigenvalue weighted by Crippen LogP contribution is 2.22. The van der Waals surface area contributed by atoms with Gasteiger partial charge in [-0.25, -0.2) is 4.39 Å². The summed E-state index contributed by atoms with van der Waals surface area (Å²) in [5, 5.41) is 2.93. The molecule has 0 heterocycles. The molecule has 3 nitrogen and oxygen atoms in total. The molecule has 0 amide bonds. The molecular formula is C14H19FN2O. The molecule has 1 aliphatic carbocycles. The summed E-state index contributed by atoms with van der Waals surface area (Å²) >= 11 is 0. The molecular weight excluding hydrogens is 231 g/mol. The van der Waals surface area contributed by atoms with Crippen LogP contribution in [0.5, 0.6) is 0 Å². The van der Waals surface area contributed by atoms with Crippen molar-refractivity contribution in [3.63, 3.8) is 0 Å². The van der Waals surface area contributed by atoms with Crippen LogP contribution in [0.15, 0.2) is 30.4 Å². The normalized spacial score (nSPS) is 13.7. The molecule has 0 saturated heterocycles. The molecule has 0 bridgehead atoms. The number of benzene rings is 1. The molecule has 1 aliphatic rings. The van der Waals surface area contributed by atoms with Crippen LogP contribution < -0.4 is 10.2 Å². The van der Waals surface area contributed by atoms with Gasteiger partial charge in [-0.1, -0.05) is 12.2 Å². The van der Waals surface area contributed by atoms with Gasteiger partial charge >= 0.3 is 0 Å². The quantitative estimate of drug-likeness (QED) is 0.753. The molecule has 18 heavy (non-hydrogen) atoms. The summed E-state index contributed by atoms with van der Waals surface area (Å²) in [4.78, 5) is 1.98. The van der Waals surface area contributed by atoms with Gasteiger partial charge in [-0.2, -0.15) is 0 Å². The number of hydrogen-bond acceptors (Lipinski definition) is 3. The van der Waals surface area contributed by atoms with E-state index in [1.807, 2.05) is 30.0 Å². The smallest absolute Gasteiger partial charge is 0.148 e. The average Bonchev–Trinajstić information content (AvgIpc) is 3.19. The summed E-state index contributed by atoms with van der Waals surface area (Å²) in [6.45, 7) is 4.08. The van der Waals surface area contributed by atoms with Gasteiger partial charge < -0.3 is 15.0 Å². The van der Waals surface area contributed by atoms with E-state index in [-0.39, 0.29) is 11.9 Å². The maximum Gasteiger partial charge on any atom is 0.148 e. The molecule has 1 aromatic carbocycles. The second-order valence-corrected chi connectivity index (χ2v) is 4.22. The number of rotatable bonds is 7. The zero-order valence-electron chi connectivity index (χ0n) is 10.8. The maximum absolute atomic E-state index is 13.9. The lowest BCUT2D eigenvalue weighted by atomic mass is 10.2. The minimum absolute atomic E-state index is 0.201. The molecule has 0 saturated carbocycles. The standard InChI is InChI=1S/C14H19FN2O/c1-3-17(8-9-18-12-5-6-12)14-7-4-11(16-2)10-13(14)15/h4-7,10,12,16H,3,8-9H2,1-2H3. The molecule has 4 heteroatoms. The summed E-state index contributed by atoms with van der Waals surface area (Å²) in [7, 11) is 1.78. The zero-order valence-corrected chi connectivity index (χ0v) is 10.8. The first kappa shape index (κ1) is 12.9. The maximum atomic E-state index is 13.9. The molecule has 1 aromatic rings. The van der Waals surface area contributed by atoms with Gasteiger partial charge in [-0.05, 0) is 25.1 Å². The predicted octanol–water partition coefficient (Wildman–Crippen LogP) is 2.65. The first-order valence-electron chi connectivity index (χ1n) is 6.26. The summed E-state index contributed by atoms with van der Waals surface area (Å²) in [6, 6.07) is 5.20. The van der Waals surface area contributed by atoms with Crippen molar-refractivity contribution in [3.8, 4) is 0 Å². The lowest BCUT2D eigenvalue weighted by molar-refractivity contribution is 0.141. The Bertz CT molecular complexity index is 428. The van der Waals surface area contributed by atoms with E-state index < -0.39 is 0 Å². The van der Waals surface area contributed by atoms with Gasteiger partial charge in [0, 0.05) is 25.8 Å². The minimum atomic E-state index is -0.201. The Morgan fingerprint density at radius 1 is 1.39 bits per heavy atom. The Morgan fingerprint density at radius 2 is 2.17 bits per heavy atom. The van der Waals surface area contributed by atoms with Crippen LogP contribution in [0.2, 0.25) is 0 Å². The van der Waals surface area contributed by atoms with E-state index >= 15 is 0 Å². The highest BCUT2D eigenvalue weighted by atomic mass is 19.1. The van der Waals surface area contributed by atoms with Crippen molar-refractivity contribution in [2.75, 3.05) is 37.0 Å². The predicted molar refractivity (Wildman–Crippen MR) is 72.7 cm³/mol. The summed E-state index contributed by atoms with van der Waals surface area (Å²) < 4.78 is 19.4. The molecule has 0 aliphatic heterocycles. The van der Waals surface area contributed by atoms with Crippen molar-refractivity contribution in [3.05, 3.63) is 36.2 Å². The van der Waals surface area contributed by atoms with Crippen molar-refractivity contribution in [1.82, 2.24) is 0 Å². The molecule has 0 aromatic heterocycles. The number of hydrogen-bond donors (Lipinski definition) is 1. The Morgan fingerprint density at radius 3 is 2.72 bits per heavy atom. The molecule has 0 radical (unpaired) electrons.